The number of Topliss-reactive ketones (excluding diaryl/α,β-unsaturated/α-hetero) is 1. The van der Waals surface area contributed by atoms with Crippen molar-refractivity contribution in [3.8, 4) is 11.5 Å². The van der Waals surface area contributed by atoms with Crippen molar-refractivity contribution in [2.24, 2.45) is 5.92 Å². The van der Waals surface area contributed by atoms with Gasteiger partial charge >= 0.3 is 0 Å². The minimum atomic E-state index is 0.0321. The zero-order valence-electron chi connectivity index (χ0n) is 16.9. The third-order valence-corrected chi connectivity index (χ3v) is 5.21. The van der Waals surface area contributed by atoms with E-state index < -0.39 is 0 Å². The number of allylic oxidation sites excluding steroid dienone is 1. The lowest BCUT2D eigenvalue weighted by Crippen LogP contribution is -2.14. The maximum atomic E-state index is 13.3. The van der Waals surface area contributed by atoms with Crippen LogP contribution in [0.25, 0.3) is 0 Å². The smallest absolute Gasteiger partial charge is 0.194 e. The molecule has 1 aromatic carbocycles. The van der Waals surface area contributed by atoms with E-state index in [0.717, 1.165) is 29.9 Å². The van der Waals surface area contributed by atoms with Gasteiger partial charge in [-0.15, -0.1) is 0 Å². The summed E-state index contributed by atoms with van der Waals surface area (Å²) in [5.74, 6) is 2.10. The van der Waals surface area contributed by atoms with Crippen molar-refractivity contribution in [3.63, 3.8) is 0 Å². The van der Waals surface area contributed by atoms with Gasteiger partial charge in [0.25, 0.3) is 0 Å². The van der Waals surface area contributed by atoms with Crippen molar-refractivity contribution in [2.75, 3.05) is 28.3 Å². The maximum Gasteiger partial charge on any atom is 0.194 e. The average Bonchev–Trinajstić information content (AvgIpc) is 2.64. The van der Waals surface area contributed by atoms with Gasteiger partial charge in [0.15, 0.2) is 5.78 Å². The Kier molecular flexibility index (Phi) is 7.55. The molecule has 0 N–H and O–H groups in total. The molecule has 26 heavy (non-hydrogen) atoms. The van der Waals surface area contributed by atoms with Crippen LogP contribution >= 0.6 is 0 Å². The summed E-state index contributed by atoms with van der Waals surface area (Å²) in [7, 11) is 7.15. The van der Waals surface area contributed by atoms with Gasteiger partial charge in [0.05, 0.1) is 19.8 Å². The zero-order valence-corrected chi connectivity index (χ0v) is 16.9. The molecule has 4 nitrogen and oxygen atoms in total. The molecule has 1 aliphatic carbocycles. The first-order chi connectivity index (χ1) is 12.5. The number of ketones is 1. The number of aryl methyl sites for hydroxylation is 1. The Bertz CT molecular complexity index is 643. The molecule has 1 aliphatic rings. The van der Waals surface area contributed by atoms with Gasteiger partial charge in [0.2, 0.25) is 0 Å². The van der Waals surface area contributed by atoms with Crippen LogP contribution in [-0.2, 0) is 0 Å². The Hall–Kier alpha value is -1.97. The Morgan fingerprint density at radius 3 is 2.35 bits per heavy atom. The maximum absolute atomic E-state index is 13.3. The van der Waals surface area contributed by atoms with Gasteiger partial charge in [0, 0.05) is 25.9 Å². The summed E-state index contributed by atoms with van der Waals surface area (Å²) in [4.78, 5) is 15.2. The number of methoxy groups -OCH3 is 2. The van der Waals surface area contributed by atoms with Crippen molar-refractivity contribution in [3.05, 3.63) is 35.0 Å². The van der Waals surface area contributed by atoms with Crippen LogP contribution in [0.15, 0.2) is 23.9 Å². The number of rotatable bonds is 8. The van der Waals surface area contributed by atoms with Crippen molar-refractivity contribution in [1.29, 1.82) is 0 Å². The molecule has 144 valence electrons. The first-order valence-electron chi connectivity index (χ1n) is 9.60. The first-order valence-corrected chi connectivity index (χ1v) is 9.60. The highest BCUT2D eigenvalue weighted by atomic mass is 16.5. The van der Waals surface area contributed by atoms with Gasteiger partial charge in [-0.25, -0.2) is 0 Å². The standard InChI is InChI=1S/C22H33NO3/c1-16-13-21(26-5)19(14-20(16)25-4)22(24)18(15-23(2)3)12-11-17-9-7-6-8-10-17/h13-15,17H,6-12H2,1-5H3. The number of nitrogens with zero attached hydrogens (tertiary/aromatic N) is 1. The summed E-state index contributed by atoms with van der Waals surface area (Å²) in [5.41, 5.74) is 2.37. The number of ether oxygens (including phenoxy) is 2. The third-order valence-electron chi connectivity index (χ3n) is 5.21. The molecule has 1 saturated carbocycles. The second-order valence-electron chi connectivity index (χ2n) is 7.51. The lowest BCUT2D eigenvalue weighted by molar-refractivity contribution is 0.102. The van der Waals surface area contributed by atoms with Gasteiger partial charge in [-0.3, -0.25) is 4.79 Å². The predicted octanol–water partition coefficient (Wildman–Crippen LogP) is 5.00. The van der Waals surface area contributed by atoms with Crippen molar-refractivity contribution in [2.45, 2.75) is 51.9 Å². The van der Waals surface area contributed by atoms with Crippen LogP contribution in [0.3, 0.4) is 0 Å². The quantitative estimate of drug-likeness (QED) is 0.483. The normalized spacial score (nSPS) is 15.7. The van der Waals surface area contributed by atoms with Gasteiger partial charge in [-0.05, 0) is 43.4 Å². The molecule has 2 rings (SSSR count). The van der Waals surface area contributed by atoms with Crippen LogP contribution in [0.2, 0.25) is 0 Å². The summed E-state index contributed by atoms with van der Waals surface area (Å²) in [5, 5.41) is 0. The fourth-order valence-corrected chi connectivity index (χ4v) is 3.78. The highest BCUT2D eigenvalue weighted by Crippen LogP contribution is 2.33. The first kappa shape index (κ1) is 20.3. The van der Waals surface area contributed by atoms with Crippen LogP contribution in [0.1, 0.15) is 60.9 Å². The minimum Gasteiger partial charge on any atom is -0.496 e. The Morgan fingerprint density at radius 2 is 1.77 bits per heavy atom. The summed E-state index contributed by atoms with van der Waals surface area (Å²) in [6, 6.07) is 3.68. The van der Waals surface area contributed by atoms with Gasteiger partial charge < -0.3 is 14.4 Å². The summed E-state index contributed by atoms with van der Waals surface area (Å²) >= 11 is 0. The Morgan fingerprint density at radius 1 is 1.12 bits per heavy atom. The lowest BCUT2D eigenvalue weighted by Gasteiger charge is -2.22. The molecule has 0 aromatic heterocycles. The molecule has 4 heteroatoms. The Labute approximate surface area is 158 Å². The molecule has 0 heterocycles. The highest BCUT2D eigenvalue weighted by Gasteiger charge is 2.21. The minimum absolute atomic E-state index is 0.0321. The molecule has 1 fully saturated rings. The molecule has 0 atom stereocenters. The van der Waals surface area contributed by atoms with Crippen molar-refractivity contribution < 1.29 is 14.3 Å². The van der Waals surface area contributed by atoms with E-state index >= 15 is 0 Å². The molecule has 0 aliphatic heterocycles. The monoisotopic (exact) mass is 359 g/mol. The number of hydrogen-bond donors (Lipinski definition) is 0. The van der Waals surface area contributed by atoms with E-state index in [2.05, 4.69) is 0 Å². The molecular weight excluding hydrogens is 326 g/mol. The topological polar surface area (TPSA) is 38.8 Å². The predicted molar refractivity (Wildman–Crippen MR) is 106 cm³/mol. The largest absolute Gasteiger partial charge is 0.496 e. The van der Waals surface area contributed by atoms with E-state index in [-0.39, 0.29) is 5.78 Å². The van der Waals surface area contributed by atoms with E-state index in [0.29, 0.717) is 17.1 Å². The lowest BCUT2D eigenvalue weighted by atomic mass is 9.84. The van der Waals surface area contributed by atoms with E-state index in [4.69, 9.17) is 9.47 Å². The number of carbonyl (C=O) groups excluding carboxylic acids is 1. The van der Waals surface area contributed by atoms with E-state index in [9.17, 15) is 4.79 Å². The van der Waals surface area contributed by atoms with E-state index in [1.165, 1.54) is 32.1 Å². The second kappa shape index (κ2) is 9.65. The molecule has 1 aromatic rings. The number of hydrogen-bond acceptors (Lipinski definition) is 4. The molecule has 0 bridgehead atoms. The third kappa shape index (κ3) is 5.26. The molecular formula is C22H33NO3. The van der Waals surface area contributed by atoms with E-state index in [1.54, 1.807) is 20.3 Å². The number of benzene rings is 1. The van der Waals surface area contributed by atoms with Crippen LogP contribution in [0.5, 0.6) is 11.5 Å². The second-order valence-corrected chi connectivity index (χ2v) is 7.51. The average molecular weight is 360 g/mol. The summed E-state index contributed by atoms with van der Waals surface area (Å²) in [6.45, 7) is 1.95. The van der Waals surface area contributed by atoms with Crippen LogP contribution in [0.4, 0.5) is 0 Å². The molecule has 0 unspecified atom stereocenters. The van der Waals surface area contributed by atoms with Gasteiger partial charge in [-0.2, -0.15) is 0 Å². The SMILES string of the molecule is COc1cc(C(=O)C(=CN(C)C)CCC2CCCCC2)c(OC)cc1C. The Balaban J connectivity index is 2.25. The van der Waals surface area contributed by atoms with Gasteiger partial charge in [0.1, 0.15) is 11.5 Å². The highest BCUT2D eigenvalue weighted by molar-refractivity contribution is 6.10. The molecule has 0 saturated heterocycles. The van der Waals surface area contributed by atoms with Crippen LogP contribution in [0, 0.1) is 12.8 Å². The van der Waals surface area contributed by atoms with E-state index in [1.807, 2.05) is 38.2 Å². The summed E-state index contributed by atoms with van der Waals surface area (Å²) in [6.07, 6.45) is 10.4. The van der Waals surface area contributed by atoms with Crippen LogP contribution < -0.4 is 9.47 Å². The van der Waals surface area contributed by atoms with Crippen LogP contribution in [-0.4, -0.2) is 39.0 Å². The molecule has 0 radical (unpaired) electrons. The van der Waals surface area contributed by atoms with Gasteiger partial charge in [-0.1, -0.05) is 32.1 Å². The van der Waals surface area contributed by atoms with Crippen molar-refractivity contribution >= 4 is 5.78 Å². The summed E-state index contributed by atoms with van der Waals surface area (Å²) < 4.78 is 10.9. The van der Waals surface area contributed by atoms with Crippen molar-refractivity contribution in [1.82, 2.24) is 4.90 Å². The molecule has 0 amide bonds. The zero-order chi connectivity index (χ0) is 19.1. The molecule has 0 spiro atoms. The number of carbonyl (C=O) groups is 1. The fourth-order valence-electron chi connectivity index (χ4n) is 3.78. The fraction of sp³-hybridized carbons (Fsp3) is 0.591.